The van der Waals surface area contributed by atoms with Crippen LogP contribution in [0.2, 0.25) is 0 Å². The summed E-state index contributed by atoms with van der Waals surface area (Å²) in [5.41, 5.74) is -0.534. The lowest BCUT2D eigenvalue weighted by Crippen LogP contribution is -2.35. The molecule has 22 heavy (non-hydrogen) atoms. The van der Waals surface area contributed by atoms with Crippen LogP contribution in [0.15, 0.2) is 22.7 Å². The highest BCUT2D eigenvalue weighted by Gasteiger charge is 2.40. The van der Waals surface area contributed by atoms with Crippen molar-refractivity contribution < 1.29 is 19.1 Å². The Kier molecular flexibility index (Phi) is 5.56. The fourth-order valence-electron chi connectivity index (χ4n) is 2.96. The van der Waals surface area contributed by atoms with Crippen LogP contribution in [0.3, 0.4) is 0 Å². The van der Waals surface area contributed by atoms with E-state index in [1.807, 2.05) is 0 Å². The number of hydrogen-bond acceptors (Lipinski definition) is 2. The van der Waals surface area contributed by atoms with Gasteiger partial charge in [0.1, 0.15) is 5.82 Å². The summed E-state index contributed by atoms with van der Waals surface area (Å²) in [6, 6.07) is 3.96. The number of hydrogen-bond donors (Lipinski definition) is 2. The largest absolute Gasteiger partial charge is 0.481 e. The van der Waals surface area contributed by atoms with E-state index in [-0.39, 0.29) is 12.3 Å². The van der Waals surface area contributed by atoms with Gasteiger partial charge in [-0.3, -0.25) is 9.59 Å². The first kappa shape index (κ1) is 16.9. The first-order valence-corrected chi connectivity index (χ1v) is 8.21. The van der Waals surface area contributed by atoms with Crippen molar-refractivity contribution in [3.63, 3.8) is 0 Å². The third-order valence-electron chi connectivity index (χ3n) is 4.22. The zero-order valence-corrected chi connectivity index (χ0v) is 13.8. The highest BCUT2D eigenvalue weighted by molar-refractivity contribution is 9.10. The summed E-state index contributed by atoms with van der Waals surface area (Å²) in [6.07, 6.45) is 4.70. The predicted octanol–water partition coefficient (Wildman–Crippen LogP) is 4.34. The Labute approximate surface area is 137 Å². The number of halogens is 2. The van der Waals surface area contributed by atoms with E-state index in [0.717, 1.165) is 25.7 Å². The lowest BCUT2D eigenvalue weighted by atomic mass is 9.77. The number of carboxylic acids is 1. The average Bonchev–Trinajstić information content (AvgIpc) is 2.68. The topological polar surface area (TPSA) is 66.4 Å². The summed E-state index contributed by atoms with van der Waals surface area (Å²) < 4.78 is 13.5. The molecule has 120 valence electrons. The van der Waals surface area contributed by atoms with Crippen LogP contribution in [-0.2, 0) is 9.59 Å². The number of anilines is 1. The molecule has 1 aromatic carbocycles. The number of rotatable bonds is 4. The number of carbonyl (C=O) groups excluding carboxylic acids is 1. The first-order chi connectivity index (χ1) is 10.4. The Morgan fingerprint density at radius 1 is 1.23 bits per heavy atom. The van der Waals surface area contributed by atoms with E-state index in [1.165, 1.54) is 18.2 Å². The van der Waals surface area contributed by atoms with Gasteiger partial charge >= 0.3 is 5.97 Å². The molecule has 0 saturated heterocycles. The summed E-state index contributed by atoms with van der Waals surface area (Å²) in [7, 11) is 0. The molecule has 0 heterocycles. The fraction of sp³-hybridized carbons (Fsp3) is 0.500. The van der Waals surface area contributed by atoms with Gasteiger partial charge in [-0.2, -0.15) is 0 Å². The van der Waals surface area contributed by atoms with E-state index in [4.69, 9.17) is 0 Å². The van der Waals surface area contributed by atoms with Crippen LogP contribution in [0.4, 0.5) is 10.1 Å². The van der Waals surface area contributed by atoms with Crippen molar-refractivity contribution in [2.45, 2.75) is 44.9 Å². The van der Waals surface area contributed by atoms with E-state index in [1.54, 1.807) is 0 Å². The number of nitrogens with one attached hydrogen (secondary N) is 1. The van der Waals surface area contributed by atoms with Crippen molar-refractivity contribution in [3.05, 3.63) is 28.5 Å². The Hall–Kier alpha value is -1.43. The highest BCUT2D eigenvalue weighted by atomic mass is 79.9. The van der Waals surface area contributed by atoms with E-state index < -0.39 is 17.2 Å². The maximum absolute atomic E-state index is 13.0. The molecule has 0 spiro atoms. The Balaban J connectivity index is 2.09. The van der Waals surface area contributed by atoms with E-state index in [0.29, 0.717) is 23.0 Å². The van der Waals surface area contributed by atoms with E-state index >= 15 is 0 Å². The van der Waals surface area contributed by atoms with Gasteiger partial charge in [-0.15, -0.1) is 0 Å². The standard InChI is InChI=1S/C16H19BrFNO3/c17-12-9-11(18)5-6-13(12)19-14(20)10-16(15(21)22)7-3-1-2-4-8-16/h5-6,9H,1-4,7-8,10H2,(H,19,20)(H,21,22). The minimum atomic E-state index is -0.979. The van der Waals surface area contributed by atoms with E-state index in [9.17, 15) is 19.1 Å². The van der Waals surface area contributed by atoms with Crippen molar-refractivity contribution in [2.75, 3.05) is 5.32 Å². The van der Waals surface area contributed by atoms with Gasteiger partial charge in [0, 0.05) is 10.9 Å². The zero-order chi connectivity index (χ0) is 16.2. The van der Waals surface area contributed by atoms with Gasteiger partial charge < -0.3 is 10.4 Å². The normalized spacial score (nSPS) is 17.5. The smallest absolute Gasteiger partial charge is 0.310 e. The van der Waals surface area contributed by atoms with Crippen LogP contribution in [0.1, 0.15) is 44.9 Å². The van der Waals surface area contributed by atoms with Crippen LogP contribution in [0, 0.1) is 11.2 Å². The first-order valence-electron chi connectivity index (χ1n) is 7.41. The van der Waals surface area contributed by atoms with Gasteiger partial charge in [-0.25, -0.2) is 4.39 Å². The number of amides is 1. The molecule has 2 N–H and O–H groups in total. The summed E-state index contributed by atoms with van der Waals surface area (Å²) in [6.45, 7) is 0. The molecule has 2 rings (SSSR count). The van der Waals surface area contributed by atoms with Crippen molar-refractivity contribution in [1.29, 1.82) is 0 Å². The summed E-state index contributed by atoms with van der Waals surface area (Å²) in [5, 5.41) is 12.2. The van der Waals surface area contributed by atoms with Gasteiger partial charge in [-0.05, 0) is 47.0 Å². The molecule has 1 aliphatic rings. The number of carbonyl (C=O) groups is 2. The molecule has 0 aromatic heterocycles. The van der Waals surface area contributed by atoms with Crippen molar-refractivity contribution in [1.82, 2.24) is 0 Å². The third kappa shape index (κ3) is 4.06. The lowest BCUT2D eigenvalue weighted by molar-refractivity contribution is -0.152. The molecule has 0 atom stereocenters. The van der Waals surface area contributed by atoms with Crippen LogP contribution >= 0.6 is 15.9 Å². The molecule has 0 aliphatic heterocycles. The summed E-state index contributed by atoms with van der Waals surface area (Å²) in [5.74, 6) is -1.66. The Morgan fingerprint density at radius 2 is 1.86 bits per heavy atom. The SMILES string of the molecule is O=C(CC1(C(=O)O)CCCCCC1)Nc1ccc(F)cc1Br. The average molecular weight is 372 g/mol. The monoisotopic (exact) mass is 371 g/mol. The quantitative estimate of drug-likeness (QED) is 0.773. The molecule has 4 nitrogen and oxygen atoms in total. The van der Waals surface area contributed by atoms with Crippen molar-refractivity contribution in [2.24, 2.45) is 5.41 Å². The molecule has 0 unspecified atom stereocenters. The fourth-order valence-corrected chi connectivity index (χ4v) is 3.41. The predicted molar refractivity (Wildman–Crippen MR) is 85.1 cm³/mol. The molecule has 0 bridgehead atoms. The van der Waals surface area contributed by atoms with Gasteiger partial charge in [0.05, 0.1) is 11.1 Å². The minimum Gasteiger partial charge on any atom is -0.481 e. The second kappa shape index (κ2) is 7.22. The van der Waals surface area contributed by atoms with Crippen LogP contribution < -0.4 is 5.32 Å². The minimum absolute atomic E-state index is 0.0495. The third-order valence-corrected chi connectivity index (χ3v) is 4.87. The molecule has 1 fully saturated rings. The van der Waals surface area contributed by atoms with Gasteiger partial charge in [0.25, 0.3) is 0 Å². The molecule has 1 saturated carbocycles. The van der Waals surface area contributed by atoms with Crippen molar-refractivity contribution in [3.8, 4) is 0 Å². The number of carboxylic acid groups (broad SMARTS) is 1. The Morgan fingerprint density at radius 3 is 2.41 bits per heavy atom. The molecule has 1 amide bonds. The van der Waals surface area contributed by atoms with Gasteiger partial charge in [0.15, 0.2) is 0 Å². The molecule has 1 aliphatic carbocycles. The van der Waals surface area contributed by atoms with Crippen LogP contribution in [0.5, 0.6) is 0 Å². The maximum Gasteiger partial charge on any atom is 0.310 e. The van der Waals surface area contributed by atoms with E-state index in [2.05, 4.69) is 21.2 Å². The zero-order valence-electron chi connectivity index (χ0n) is 12.2. The van der Waals surface area contributed by atoms with Gasteiger partial charge in [0.2, 0.25) is 5.91 Å². The van der Waals surface area contributed by atoms with Crippen LogP contribution in [-0.4, -0.2) is 17.0 Å². The summed E-state index contributed by atoms with van der Waals surface area (Å²) in [4.78, 5) is 23.9. The van der Waals surface area contributed by atoms with Crippen molar-refractivity contribution >= 4 is 33.5 Å². The molecule has 1 aromatic rings. The number of aliphatic carboxylic acids is 1. The second-order valence-corrected chi connectivity index (χ2v) is 6.70. The molecule has 0 radical (unpaired) electrons. The van der Waals surface area contributed by atoms with Gasteiger partial charge in [-0.1, -0.05) is 25.7 Å². The second-order valence-electron chi connectivity index (χ2n) is 5.85. The highest BCUT2D eigenvalue weighted by Crippen LogP contribution is 2.39. The molecular weight excluding hydrogens is 353 g/mol. The maximum atomic E-state index is 13.0. The molecule has 6 heteroatoms. The summed E-state index contributed by atoms with van der Waals surface area (Å²) >= 11 is 3.18. The number of benzene rings is 1. The Bertz CT molecular complexity index is 569. The lowest BCUT2D eigenvalue weighted by Gasteiger charge is -2.27. The van der Waals surface area contributed by atoms with Crippen LogP contribution in [0.25, 0.3) is 0 Å². The molecular formula is C16H19BrFNO3.